The number of hydrogen-bond acceptors (Lipinski definition) is 3. The van der Waals surface area contributed by atoms with Gasteiger partial charge >= 0.3 is 0 Å². The van der Waals surface area contributed by atoms with Gasteiger partial charge in [0.1, 0.15) is 11.5 Å². The lowest BCUT2D eigenvalue weighted by atomic mass is 9.95. The van der Waals surface area contributed by atoms with Crippen molar-refractivity contribution in [3.63, 3.8) is 0 Å². The number of hydrogen-bond donors (Lipinski definition) is 1. The fraction of sp³-hybridized carbons (Fsp3) is 0.368. The maximum Gasteiger partial charge on any atom is 0.235 e. The van der Waals surface area contributed by atoms with E-state index in [4.69, 9.17) is 4.98 Å². The summed E-state index contributed by atoms with van der Waals surface area (Å²) in [7, 11) is 0. The van der Waals surface area contributed by atoms with Gasteiger partial charge in [-0.25, -0.2) is 9.97 Å². The molecule has 3 aromatic rings. The number of benzene rings is 1. The third-order valence-electron chi connectivity index (χ3n) is 4.67. The van der Waals surface area contributed by atoms with E-state index in [0.29, 0.717) is 6.04 Å². The SMILES string of the molecule is Cc1ccc(-c2nc3ncccn3c2NC2CCCCC2)cc1. The minimum absolute atomic E-state index is 0.535. The number of rotatable bonds is 3. The average molecular weight is 306 g/mol. The van der Waals surface area contributed by atoms with Crippen molar-refractivity contribution < 1.29 is 0 Å². The molecule has 0 aliphatic heterocycles. The Kier molecular flexibility index (Phi) is 3.74. The van der Waals surface area contributed by atoms with E-state index in [2.05, 4.69) is 45.9 Å². The molecule has 4 heteroatoms. The Labute approximate surface area is 136 Å². The number of nitrogens with zero attached hydrogens (tertiary/aromatic N) is 3. The molecule has 0 amide bonds. The van der Waals surface area contributed by atoms with Gasteiger partial charge in [0.05, 0.1) is 0 Å². The van der Waals surface area contributed by atoms with Gasteiger partial charge < -0.3 is 5.32 Å². The lowest BCUT2D eigenvalue weighted by molar-refractivity contribution is 0.461. The first-order valence-electron chi connectivity index (χ1n) is 8.48. The molecule has 4 nitrogen and oxygen atoms in total. The van der Waals surface area contributed by atoms with E-state index in [-0.39, 0.29) is 0 Å². The predicted octanol–water partition coefficient (Wildman–Crippen LogP) is 4.45. The molecule has 1 saturated carbocycles. The third kappa shape index (κ3) is 2.81. The summed E-state index contributed by atoms with van der Waals surface area (Å²) < 4.78 is 2.07. The molecule has 23 heavy (non-hydrogen) atoms. The Morgan fingerprint density at radius 3 is 2.65 bits per heavy atom. The molecular formula is C19H22N4. The van der Waals surface area contributed by atoms with Gasteiger partial charge in [0.2, 0.25) is 5.78 Å². The molecule has 1 aliphatic rings. The molecular weight excluding hydrogens is 284 g/mol. The lowest BCUT2D eigenvalue weighted by Gasteiger charge is -2.24. The molecule has 1 aromatic carbocycles. The van der Waals surface area contributed by atoms with Crippen molar-refractivity contribution in [1.29, 1.82) is 0 Å². The zero-order valence-corrected chi connectivity index (χ0v) is 13.5. The third-order valence-corrected chi connectivity index (χ3v) is 4.67. The van der Waals surface area contributed by atoms with Crippen LogP contribution >= 0.6 is 0 Å². The highest BCUT2D eigenvalue weighted by atomic mass is 15.2. The summed E-state index contributed by atoms with van der Waals surface area (Å²) in [5.41, 5.74) is 3.39. The van der Waals surface area contributed by atoms with Crippen LogP contribution in [0.5, 0.6) is 0 Å². The highest BCUT2D eigenvalue weighted by molar-refractivity contribution is 5.75. The molecule has 0 unspecified atom stereocenters. The van der Waals surface area contributed by atoms with Crippen LogP contribution in [0.2, 0.25) is 0 Å². The van der Waals surface area contributed by atoms with Gasteiger partial charge in [-0.15, -0.1) is 0 Å². The van der Waals surface area contributed by atoms with Crippen molar-refractivity contribution >= 4 is 11.6 Å². The number of aromatic nitrogens is 3. The summed E-state index contributed by atoms with van der Waals surface area (Å²) >= 11 is 0. The highest BCUT2D eigenvalue weighted by Crippen LogP contribution is 2.31. The van der Waals surface area contributed by atoms with Gasteiger partial charge in [0.15, 0.2) is 0 Å². The maximum absolute atomic E-state index is 4.77. The van der Waals surface area contributed by atoms with E-state index in [9.17, 15) is 0 Å². The van der Waals surface area contributed by atoms with Crippen LogP contribution in [-0.2, 0) is 0 Å². The molecule has 0 bridgehead atoms. The normalized spacial score (nSPS) is 15.9. The molecule has 0 spiro atoms. The van der Waals surface area contributed by atoms with Gasteiger partial charge in [-0.2, -0.15) is 0 Å². The number of imidazole rings is 1. The van der Waals surface area contributed by atoms with Gasteiger partial charge in [0, 0.05) is 24.0 Å². The van der Waals surface area contributed by atoms with Crippen LogP contribution in [0, 0.1) is 6.92 Å². The van der Waals surface area contributed by atoms with Crippen LogP contribution in [0.25, 0.3) is 17.0 Å². The fourth-order valence-corrected chi connectivity index (χ4v) is 3.38. The van der Waals surface area contributed by atoms with E-state index in [1.807, 2.05) is 12.3 Å². The second-order valence-corrected chi connectivity index (χ2v) is 6.44. The summed E-state index contributed by atoms with van der Waals surface area (Å²) in [4.78, 5) is 9.18. The van der Waals surface area contributed by atoms with Gasteiger partial charge in [-0.1, -0.05) is 49.1 Å². The summed E-state index contributed by atoms with van der Waals surface area (Å²) in [6, 6.07) is 11.0. The number of anilines is 1. The maximum atomic E-state index is 4.77. The minimum Gasteiger partial charge on any atom is -0.367 e. The smallest absolute Gasteiger partial charge is 0.235 e. The van der Waals surface area contributed by atoms with Gasteiger partial charge in [-0.3, -0.25) is 4.40 Å². The Morgan fingerprint density at radius 2 is 1.87 bits per heavy atom. The lowest BCUT2D eigenvalue weighted by Crippen LogP contribution is -2.23. The van der Waals surface area contributed by atoms with Crippen molar-refractivity contribution in [2.75, 3.05) is 5.32 Å². The molecule has 118 valence electrons. The Morgan fingerprint density at radius 1 is 1.09 bits per heavy atom. The number of aryl methyl sites for hydroxylation is 1. The summed E-state index contributed by atoms with van der Waals surface area (Å²) in [5, 5.41) is 3.75. The Bertz CT molecular complexity index is 798. The van der Waals surface area contributed by atoms with Crippen LogP contribution in [0.4, 0.5) is 5.82 Å². The van der Waals surface area contributed by atoms with Crippen LogP contribution in [0.15, 0.2) is 42.7 Å². The number of fused-ring (bicyclic) bond motifs is 1. The van der Waals surface area contributed by atoms with Gasteiger partial charge in [-0.05, 0) is 25.8 Å². The van der Waals surface area contributed by atoms with E-state index in [1.54, 1.807) is 6.20 Å². The van der Waals surface area contributed by atoms with E-state index >= 15 is 0 Å². The fourth-order valence-electron chi connectivity index (χ4n) is 3.38. The molecule has 2 aromatic heterocycles. The van der Waals surface area contributed by atoms with E-state index in [1.165, 1.54) is 37.7 Å². The Hall–Kier alpha value is -2.36. The minimum atomic E-state index is 0.535. The molecule has 1 fully saturated rings. The monoisotopic (exact) mass is 306 g/mol. The second-order valence-electron chi connectivity index (χ2n) is 6.44. The van der Waals surface area contributed by atoms with E-state index in [0.717, 1.165) is 22.9 Å². The first-order chi connectivity index (χ1) is 11.3. The first-order valence-corrected chi connectivity index (χ1v) is 8.48. The zero-order chi connectivity index (χ0) is 15.6. The quantitative estimate of drug-likeness (QED) is 0.777. The largest absolute Gasteiger partial charge is 0.367 e. The molecule has 0 atom stereocenters. The van der Waals surface area contributed by atoms with Crippen LogP contribution in [0.1, 0.15) is 37.7 Å². The second kappa shape index (κ2) is 6.03. The molecule has 2 heterocycles. The molecule has 0 saturated heterocycles. The van der Waals surface area contributed by atoms with Crippen molar-refractivity contribution in [2.45, 2.75) is 45.1 Å². The average Bonchev–Trinajstić information content (AvgIpc) is 2.95. The topological polar surface area (TPSA) is 42.2 Å². The highest BCUT2D eigenvalue weighted by Gasteiger charge is 2.19. The predicted molar refractivity (Wildman–Crippen MR) is 93.7 cm³/mol. The van der Waals surface area contributed by atoms with Crippen molar-refractivity contribution in [1.82, 2.24) is 14.4 Å². The van der Waals surface area contributed by atoms with E-state index < -0.39 is 0 Å². The number of nitrogens with one attached hydrogen (secondary N) is 1. The van der Waals surface area contributed by atoms with Crippen molar-refractivity contribution in [3.05, 3.63) is 48.3 Å². The molecule has 4 rings (SSSR count). The Balaban J connectivity index is 1.79. The zero-order valence-electron chi connectivity index (χ0n) is 13.5. The van der Waals surface area contributed by atoms with Gasteiger partial charge in [0.25, 0.3) is 0 Å². The molecule has 1 N–H and O–H groups in total. The van der Waals surface area contributed by atoms with Crippen LogP contribution < -0.4 is 5.32 Å². The van der Waals surface area contributed by atoms with Crippen LogP contribution in [0.3, 0.4) is 0 Å². The summed E-state index contributed by atoms with van der Waals surface area (Å²) in [5.74, 6) is 1.82. The molecule has 0 radical (unpaired) electrons. The summed E-state index contributed by atoms with van der Waals surface area (Å²) in [6.45, 7) is 2.11. The van der Waals surface area contributed by atoms with Crippen molar-refractivity contribution in [2.24, 2.45) is 0 Å². The van der Waals surface area contributed by atoms with Crippen LogP contribution in [-0.4, -0.2) is 20.4 Å². The first kappa shape index (κ1) is 14.2. The molecule has 1 aliphatic carbocycles. The standard InChI is InChI=1S/C19H22N4/c1-14-8-10-15(11-9-14)17-18(21-16-6-3-2-4-7-16)23-13-5-12-20-19(23)22-17/h5,8-13,16,21H,2-4,6-7H2,1H3. The summed E-state index contributed by atoms with van der Waals surface area (Å²) in [6.07, 6.45) is 10.3. The van der Waals surface area contributed by atoms with Crippen molar-refractivity contribution in [3.8, 4) is 11.3 Å².